The van der Waals surface area contributed by atoms with E-state index < -0.39 is 24.9 Å². The van der Waals surface area contributed by atoms with Crippen LogP contribution in [-0.2, 0) is 23.9 Å². The molecule has 0 atom stereocenters. The molecule has 0 fully saturated rings. The lowest BCUT2D eigenvalue weighted by Crippen LogP contribution is -2.44. The van der Waals surface area contributed by atoms with E-state index >= 15 is 0 Å². The van der Waals surface area contributed by atoms with Crippen LogP contribution in [0.4, 0.5) is 0 Å². The molecular formula is C23H24NO5P. The zero-order valence-electron chi connectivity index (χ0n) is 17.2. The number of hydrogen-bond donors (Lipinski definition) is 1. The SMILES string of the molecule is CCCC1=P(c2ccccc2)(c2ccccc2)NC(=O)C(C(=O)OC)=C1C(=O)OC. The molecule has 0 saturated carbocycles. The van der Waals surface area contributed by atoms with Crippen molar-refractivity contribution in [2.45, 2.75) is 19.8 Å². The number of esters is 2. The second-order valence-corrected chi connectivity index (χ2v) is 9.85. The molecule has 156 valence electrons. The molecule has 0 unspecified atom stereocenters. The molecule has 7 heteroatoms. The quantitative estimate of drug-likeness (QED) is 0.436. The van der Waals surface area contributed by atoms with E-state index in [1.54, 1.807) is 0 Å². The van der Waals surface area contributed by atoms with Gasteiger partial charge in [-0.15, -0.1) is 0 Å². The Morgan fingerprint density at radius 3 is 1.73 bits per heavy atom. The number of carbonyl (C=O) groups is 3. The number of amides is 1. The van der Waals surface area contributed by atoms with Gasteiger partial charge in [0.05, 0.1) is 19.8 Å². The standard InChI is InChI=1S/C23H24NO5P/c1-4-11-18-19(22(26)28-2)20(23(27)29-3)21(25)24-30(18,16-12-7-5-8-13-16)17-14-9-6-10-15-17/h5-10,12-15H,4,11H2,1-3H3,(H,24,25). The van der Waals surface area contributed by atoms with E-state index in [-0.39, 0.29) is 11.1 Å². The maximum Gasteiger partial charge on any atom is 0.344 e. The summed E-state index contributed by atoms with van der Waals surface area (Å²) in [6, 6.07) is 19.1. The van der Waals surface area contributed by atoms with E-state index in [4.69, 9.17) is 9.47 Å². The van der Waals surface area contributed by atoms with Crippen molar-refractivity contribution in [3.8, 4) is 0 Å². The topological polar surface area (TPSA) is 81.7 Å². The van der Waals surface area contributed by atoms with Crippen LogP contribution < -0.4 is 15.7 Å². The fourth-order valence-electron chi connectivity index (χ4n) is 3.74. The van der Waals surface area contributed by atoms with Crippen molar-refractivity contribution in [2.75, 3.05) is 14.2 Å². The van der Waals surface area contributed by atoms with Gasteiger partial charge >= 0.3 is 11.9 Å². The van der Waals surface area contributed by atoms with Gasteiger partial charge < -0.3 is 14.6 Å². The molecule has 0 spiro atoms. The summed E-state index contributed by atoms with van der Waals surface area (Å²) < 4.78 is 9.84. The highest BCUT2D eigenvalue weighted by molar-refractivity contribution is 7.88. The minimum absolute atomic E-state index is 0.0102. The lowest BCUT2D eigenvalue weighted by molar-refractivity contribution is -0.140. The molecule has 6 nitrogen and oxygen atoms in total. The summed E-state index contributed by atoms with van der Waals surface area (Å²) in [7, 11) is -0.313. The Kier molecular flexibility index (Phi) is 6.58. The number of methoxy groups -OCH3 is 2. The van der Waals surface area contributed by atoms with Crippen molar-refractivity contribution in [3.63, 3.8) is 0 Å². The van der Waals surface area contributed by atoms with Crippen LogP contribution >= 0.6 is 7.04 Å². The summed E-state index contributed by atoms with van der Waals surface area (Å²) in [5.41, 5.74) is -0.300. The molecule has 1 aliphatic rings. The maximum absolute atomic E-state index is 13.3. The van der Waals surface area contributed by atoms with Crippen LogP contribution in [0.1, 0.15) is 19.8 Å². The lowest BCUT2D eigenvalue weighted by Gasteiger charge is -2.37. The molecular weight excluding hydrogens is 401 g/mol. The van der Waals surface area contributed by atoms with Crippen molar-refractivity contribution in [2.24, 2.45) is 0 Å². The molecule has 1 N–H and O–H groups in total. The normalized spacial score (nSPS) is 15.4. The lowest BCUT2D eigenvalue weighted by atomic mass is 10.0. The third-order valence-corrected chi connectivity index (χ3v) is 8.93. The molecule has 30 heavy (non-hydrogen) atoms. The second-order valence-electron chi connectivity index (χ2n) is 6.71. The van der Waals surface area contributed by atoms with Gasteiger partial charge in [0, 0.05) is 7.04 Å². The number of hydrogen-bond acceptors (Lipinski definition) is 5. The van der Waals surface area contributed by atoms with Crippen LogP contribution in [0, 0.1) is 0 Å². The summed E-state index contributed by atoms with van der Waals surface area (Å²) in [6.45, 7) is 1.99. The highest BCUT2D eigenvalue weighted by Gasteiger charge is 2.42. The van der Waals surface area contributed by atoms with E-state index in [1.165, 1.54) is 14.2 Å². The molecule has 0 bridgehead atoms. The smallest absolute Gasteiger partial charge is 0.344 e. The van der Waals surface area contributed by atoms with Gasteiger partial charge in [-0.05, 0) is 22.3 Å². The average molecular weight is 425 g/mol. The summed E-state index contributed by atoms with van der Waals surface area (Å²) in [5.74, 6) is -2.21. The summed E-state index contributed by atoms with van der Waals surface area (Å²) in [5, 5.41) is 5.62. The molecule has 3 rings (SSSR count). The van der Waals surface area contributed by atoms with E-state index in [0.29, 0.717) is 18.1 Å². The molecule has 2 aromatic carbocycles. The van der Waals surface area contributed by atoms with Gasteiger partial charge in [-0.25, -0.2) is 9.59 Å². The predicted octanol–water partition coefficient (Wildman–Crippen LogP) is 2.31. The highest BCUT2D eigenvalue weighted by Crippen LogP contribution is 2.48. The predicted molar refractivity (Wildman–Crippen MR) is 118 cm³/mol. The van der Waals surface area contributed by atoms with Gasteiger partial charge in [-0.3, -0.25) is 4.79 Å². The Morgan fingerprint density at radius 1 is 0.833 bits per heavy atom. The first kappa shape index (κ1) is 21.6. The van der Waals surface area contributed by atoms with Crippen LogP contribution in [0.3, 0.4) is 0 Å². The molecule has 0 aromatic heterocycles. The van der Waals surface area contributed by atoms with Crippen LogP contribution in [0.2, 0.25) is 0 Å². The Labute approximate surface area is 175 Å². The Bertz CT molecular complexity index is 1010. The zero-order chi connectivity index (χ0) is 21.7. The van der Waals surface area contributed by atoms with Crippen molar-refractivity contribution in [1.82, 2.24) is 5.09 Å². The number of rotatable bonds is 6. The largest absolute Gasteiger partial charge is 0.465 e. The molecule has 1 heterocycles. The van der Waals surface area contributed by atoms with Gasteiger partial charge in [-0.2, -0.15) is 0 Å². The number of carbonyl (C=O) groups excluding carboxylic acids is 3. The molecule has 2 aromatic rings. The third-order valence-electron chi connectivity index (χ3n) is 4.99. The van der Waals surface area contributed by atoms with Crippen molar-refractivity contribution >= 4 is 40.8 Å². The first-order chi connectivity index (χ1) is 14.5. The molecule has 1 amide bonds. The third kappa shape index (κ3) is 3.59. The van der Waals surface area contributed by atoms with Gasteiger partial charge in [0.2, 0.25) is 0 Å². The first-order valence-electron chi connectivity index (χ1n) is 9.61. The van der Waals surface area contributed by atoms with Gasteiger partial charge in [-0.1, -0.05) is 74.0 Å². The van der Waals surface area contributed by atoms with E-state index in [0.717, 1.165) is 10.6 Å². The fourth-order valence-corrected chi connectivity index (χ4v) is 7.81. The average Bonchev–Trinajstić information content (AvgIpc) is 2.79. The van der Waals surface area contributed by atoms with Gasteiger partial charge in [0.25, 0.3) is 5.91 Å². The summed E-state index contributed by atoms with van der Waals surface area (Å²) >= 11 is 0. The van der Waals surface area contributed by atoms with Crippen LogP contribution in [-0.4, -0.2) is 37.4 Å². The molecule has 0 radical (unpaired) electrons. The minimum atomic E-state index is -2.74. The fraction of sp³-hybridized carbons (Fsp3) is 0.217. The maximum atomic E-state index is 13.3. The molecule has 0 saturated heterocycles. The first-order valence-corrected chi connectivity index (χ1v) is 11.4. The Hall–Kier alpha value is -3.11. The number of nitrogens with one attached hydrogen (secondary N) is 1. The van der Waals surface area contributed by atoms with E-state index in [1.807, 2.05) is 67.6 Å². The number of ether oxygens (including phenoxy) is 2. The zero-order valence-corrected chi connectivity index (χ0v) is 18.1. The van der Waals surface area contributed by atoms with Gasteiger partial charge in [0.15, 0.2) is 0 Å². The van der Waals surface area contributed by atoms with Crippen molar-refractivity contribution in [1.29, 1.82) is 0 Å². The minimum Gasteiger partial charge on any atom is -0.465 e. The second kappa shape index (κ2) is 9.14. The molecule has 0 aliphatic carbocycles. The van der Waals surface area contributed by atoms with Crippen LogP contribution in [0.25, 0.3) is 0 Å². The van der Waals surface area contributed by atoms with Crippen LogP contribution in [0.5, 0.6) is 0 Å². The van der Waals surface area contributed by atoms with E-state index in [9.17, 15) is 14.4 Å². The Balaban J connectivity index is 2.56. The molecule has 1 aliphatic heterocycles. The van der Waals surface area contributed by atoms with E-state index in [2.05, 4.69) is 5.09 Å². The number of benzene rings is 2. The summed E-state index contributed by atoms with van der Waals surface area (Å²) in [6.07, 6.45) is 1.21. The van der Waals surface area contributed by atoms with Crippen molar-refractivity contribution in [3.05, 3.63) is 71.8 Å². The van der Waals surface area contributed by atoms with Crippen molar-refractivity contribution < 1.29 is 23.9 Å². The Morgan fingerprint density at radius 2 is 1.30 bits per heavy atom. The van der Waals surface area contributed by atoms with Crippen LogP contribution in [0.15, 0.2) is 71.8 Å². The van der Waals surface area contributed by atoms with Gasteiger partial charge in [0.1, 0.15) is 5.57 Å². The summed E-state index contributed by atoms with van der Waals surface area (Å²) in [4.78, 5) is 38.7. The highest BCUT2D eigenvalue weighted by atomic mass is 31.2. The monoisotopic (exact) mass is 425 g/mol.